The molecule has 204 valence electrons. The van der Waals surface area contributed by atoms with Crippen LogP contribution in [0.15, 0.2) is 103 Å². The number of pyridine rings is 1. The lowest BCUT2D eigenvalue weighted by molar-refractivity contribution is -0.384. The molecule has 42 heavy (non-hydrogen) atoms. The van der Waals surface area contributed by atoms with Crippen molar-refractivity contribution < 1.29 is 14.5 Å². The Morgan fingerprint density at radius 2 is 1.60 bits per heavy atom. The molecule has 0 unspecified atom stereocenters. The Bertz CT molecular complexity index is 1990. The van der Waals surface area contributed by atoms with Crippen molar-refractivity contribution >= 4 is 40.3 Å². The largest absolute Gasteiger partial charge is 0.322 e. The number of nitrogens with zero attached hydrogens (tertiary/aromatic N) is 6. The van der Waals surface area contributed by atoms with Crippen molar-refractivity contribution in [2.75, 3.05) is 5.32 Å². The van der Waals surface area contributed by atoms with E-state index in [1.54, 1.807) is 53.2 Å². The van der Waals surface area contributed by atoms with Crippen LogP contribution in [0.5, 0.6) is 0 Å². The molecule has 0 aliphatic carbocycles. The smallest absolute Gasteiger partial charge is 0.288 e. The van der Waals surface area contributed by atoms with Gasteiger partial charge in [-0.25, -0.2) is 0 Å². The second-order valence-corrected chi connectivity index (χ2v) is 9.46. The SMILES string of the molecule is O=C(Nc1ccc(-c2ccc3nnc(-c4ccccn4)n3n2)cc1)c1ccccc1C(=O)c1ccc(Cl)c([N+](=O)[O-])c1. The van der Waals surface area contributed by atoms with Gasteiger partial charge in [0.05, 0.1) is 16.2 Å². The summed E-state index contributed by atoms with van der Waals surface area (Å²) >= 11 is 5.89. The van der Waals surface area contributed by atoms with E-state index in [1.165, 1.54) is 24.3 Å². The Labute approximate surface area is 242 Å². The Balaban J connectivity index is 1.24. The third kappa shape index (κ3) is 5.07. The summed E-state index contributed by atoms with van der Waals surface area (Å²) in [4.78, 5) is 41.4. The van der Waals surface area contributed by atoms with Gasteiger partial charge >= 0.3 is 0 Å². The first-order valence-corrected chi connectivity index (χ1v) is 12.9. The second-order valence-electron chi connectivity index (χ2n) is 9.06. The highest BCUT2D eigenvalue weighted by atomic mass is 35.5. The number of hydrogen-bond donors (Lipinski definition) is 1. The lowest BCUT2D eigenvalue weighted by atomic mass is 9.97. The first-order chi connectivity index (χ1) is 20.4. The predicted molar refractivity (Wildman–Crippen MR) is 155 cm³/mol. The number of amides is 1. The number of ketones is 1. The van der Waals surface area contributed by atoms with Crippen LogP contribution in [0.4, 0.5) is 11.4 Å². The van der Waals surface area contributed by atoms with Crippen LogP contribution < -0.4 is 5.32 Å². The van der Waals surface area contributed by atoms with Crippen molar-refractivity contribution in [3.05, 3.63) is 135 Å². The van der Waals surface area contributed by atoms with E-state index in [1.807, 2.05) is 24.3 Å². The maximum atomic E-state index is 13.2. The van der Waals surface area contributed by atoms with Crippen molar-refractivity contribution in [1.29, 1.82) is 0 Å². The van der Waals surface area contributed by atoms with E-state index in [2.05, 4.69) is 25.6 Å². The molecule has 6 rings (SSSR count). The molecule has 1 N–H and O–H groups in total. The molecule has 0 aliphatic heterocycles. The average Bonchev–Trinajstić information content (AvgIpc) is 3.45. The first kappa shape index (κ1) is 26.4. The zero-order valence-electron chi connectivity index (χ0n) is 21.5. The summed E-state index contributed by atoms with van der Waals surface area (Å²) in [6.07, 6.45) is 1.67. The fraction of sp³-hybridized carbons (Fsp3) is 0. The molecule has 0 bridgehead atoms. The number of aromatic nitrogens is 5. The van der Waals surface area contributed by atoms with Gasteiger partial charge in [0.2, 0.25) is 5.82 Å². The van der Waals surface area contributed by atoms with Gasteiger partial charge in [-0.2, -0.15) is 9.61 Å². The van der Waals surface area contributed by atoms with Crippen LogP contribution in [0.25, 0.3) is 28.4 Å². The summed E-state index contributed by atoms with van der Waals surface area (Å²) in [7, 11) is 0. The minimum Gasteiger partial charge on any atom is -0.322 e. The number of halogens is 1. The van der Waals surface area contributed by atoms with Crippen molar-refractivity contribution in [2.45, 2.75) is 0 Å². The number of nitrogens with one attached hydrogen (secondary N) is 1. The monoisotopic (exact) mass is 575 g/mol. The van der Waals surface area contributed by atoms with Crippen molar-refractivity contribution in [3.8, 4) is 22.8 Å². The van der Waals surface area contributed by atoms with E-state index in [0.717, 1.165) is 11.6 Å². The maximum absolute atomic E-state index is 13.2. The number of benzene rings is 3. The molecule has 0 aliphatic rings. The minimum atomic E-state index is -0.666. The number of carbonyl (C=O) groups is 2. The Morgan fingerprint density at radius 1 is 0.833 bits per heavy atom. The number of nitro groups is 1. The number of anilines is 1. The molecule has 3 aromatic heterocycles. The van der Waals surface area contributed by atoms with E-state index in [4.69, 9.17) is 11.6 Å². The van der Waals surface area contributed by atoms with Gasteiger partial charge in [-0.3, -0.25) is 24.7 Å². The summed E-state index contributed by atoms with van der Waals surface area (Å²) in [5.74, 6) is -0.548. The zero-order valence-corrected chi connectivity index (χ0v) is 22.3. The van der Waals surface area contributed by atoms with E-state index >= 15 is 0 Å². The average molecular weight is 576 g/mol. The summed E-state index contributed by atoms with van der Waals surface area (Å²) < 4.78 is 1.62. The fourth-order valence-corrected chi connectivity index (χ4v) is 4.54. The molecule has 6 aromatic rings. The lowest BCUT2D eigenvalue weighted by Crippen LogP contribution is -2.17. The number of hydrogen-bond acceptors (Lipinski definition) is 8. The highest BCUT2D eigenvalue weighted by Crippen LogP contribution is 2.27. The molecule has 0 spiro atoms. The summed E-state index contributed by atoms with van der Waals surface area (Å²) in [5, 5.41) is 27.0. The molecule has 1 amide bonds. The maximum Gasteiger partial charge on any atom is 0.288 e. The Morgan fingerprint density at radius 3 is 2.33 bits per heavy atom. The molecule has 0 saturated carbocycles. The molecule has 3 aromatic carbocycles. The van der Waals surface area contributed by atoms with E-state index < -0.39 is 22.3 Å². The Kier molecular flexibility index (Phi) is 6.91. The molecule has 0 atom stereocenters. The van der Waals surface area contributed by atoms with Gasteiger partial charge in [-0.15, -0.1) is 10.2 Å². The summed E-state index contributed by atoms with van der Waals surface area (Å²) in [6, 6.07) is 26.2. The molecule has 12 heteroatoms. The van der Waals surface area contributed by atoms with Gasteiger partial charge < -0.3 is 5.32 Å². The molecular weight excluding hydrogens is 558 g/mol. The summed E-state index contributed by atoms with van der Waals surface area (Å²) in [5.41, 5.74) is 3.01. The minimum absolute atomic E-state index is 0.0412. The molecule has 3 heterocycles. The van der Waals surface area contributed by atoms with Gasteiger partial charge in [0.15, 0.2) is 11.4 Å². The van der Waals surface area contributed by atoms with Crippen LogP contribution >= 0.6 is 11.6 Å². The van der Waals surface area contributed by atoms with Crippen LogP contribution in [0.1, 0.15) is 26.3 Å². The van der Waals surface area contributed by atoms with Crippen LogP contribution in [0.3, 0.4) is 0 Å². The van der Waals surface area contributed by atoms with Gasteiger partial charge in [0, 0.05) is 34.6 Å². The fourth-order valence-electron chi connectivity index (χ4n) is 4.35. The van der Waals surface area contributed by atoms with Crippen molar-refractivity contribution in [1.82, 2.24) is 24.8 Å². The van der Waals surface area contributed by atoms with Crippen molar-refractivity contribution in [3.63, 3.8) is 0 Å². The molecule has 0 fully saturated rings. The van der Waals surface area contributed by atoms with Crippen LogP contribution in [0.2, 0.25) is 5.02 Å². The van der Waals surface area contributed by atoms with E-state index in [-0.39, 0.29) is 21.7 Å². The standard InChI is InChI=1S/C30H18ClN7O4/c31-23-13-10-19(17-26(23)38(41)42)28(39)21-5-1-2-6-22(21)30(40)33-20-11-8-18(9-12-20)24-14-15-27-34-35-29(37(27)36-24)25-7-3-4-16-32-25/h1-17H,(H,33,40). The zero-order chi connectivity index (χ0) is 29.2. The first-order valence-electron chi connectivity index (χ1n) is 12.5. The number of carbonyl (C=O) groups excluding carboxylic acids is 2. The molecule has 11 nitrogen and oxygen atoms in total. The van der Waals surface area contributed by atoms with Gasteiger partial charge in [0.1, 0.15) is 10.7 Å². The van der Waals surface area contributed by atoms with Gasteiger partial charge in [-0.1, -0.05) is 48.0 Å². The van der Waals surface area contributed by atoms with E-state index in [9.17, 15) is 19.7 Å². The highest BCUT2D eigenvalue weighted by Gasteiger charge is 2.22. The normalized spacial score (nSPS) is 10.9. The third-order valence-corrected chi connectivity index (χ3v) is 6.74. The number of fused-ring (bicyclic) bond motifs is 1. The predicted octanol–water partition coefficient (Wildman–Crippen LogP) is 5.90. The quantitative estimate of drug-likeness (QED) is 0.141. The molecule has 0 saturated heterocycles. The summed E-state index contributed by atoms with van der Waals surface area (Å²) in [6.45, 7) is 0. The topological polar surface area (TPSA) is 145 Å². The Hall–Kier alpha value is -5.81. The second kappa shape index (κ2) is 11.0. The molecule has 0 radical (unpaired) electrons. The van der Waals surface area contributed by atoms with Gasteiger partial charge in [-0.05, 0) is 54.6 Å². The third-order valence-electron chi connectivity index (χ3n) is 6.42. The number of nitro benzene ring substituents is 1. The molecular formula is C30H18ClN7O4. The van der Waals surface area contributed by atoms with E-state index in [0.29, 0.717) is 28.5 Å². The number of rotatable bonds is 7. The van der Waals surface area contributed by atoms with Crippen LogP contribution in [0, 0.1) is 10.1 Å². The van der Waals surface area contributed by atoms with Crippen LogP contribution in [-0.2, 0) is 0 Å². The highest BCUT2D eigenvalue weighted by molar-refractivity contribution is 6.33. The van der Waals surface area contributed by atoms with Crippen LogP contribution in [-0.4, -0.2) is 41.4 Å². The van der Waals surface area contributed by atoms with Crippen molar-refractivity contribution in [2.24, 2.45) is 0 Å². The lowest BCUT2D eigenvalue weighted by Gasteiger charge is -2.11. The van der Waals surface area contributed by atoms with Gasteiger partial charge in [0.25, 0.3) is 11.6 Å².